The summed E-state index contributed by atoms with van der Waals surface area (Å²) in [5, 5.41) is 0. The molecule has 0 aromatic carbocycles. The van der Waals surface area contributed by atoms with Gasteiger partial charge in [-0.15, -0.1) is 0 Å². The fourth-order valence-corrected chi connectivity index (χ4v) is 0.142. The van der Waals surface area contributed by atoms with Crippen LogP contribution in [0.3, 0.4) is 0 Å². The normalized spacial score (nSPS) is 10.2. The van der Waals surface area contributed by atoms with E-state index in [-0.39, 0.29) is 0 Å². The molecular weight excluding hydrogens is 269 g/mol. The van der Waals surface area contributed by atoms with Crippen molar-refractivity contribution in [2.24, 2.45) is 5.73 Å². The zero-order chi connectivity index (χ0) is 14.0. The first kappa shape index (κ1) is 20.8. The van der Waals surface area contributed by atoms with Gasteiger partial charge in [-0.3, -0.25) is 0 Å². The summed E-state index contributed by atoms with van der Waals surface area (Å²) in [6.07, 6.45) is -0.711. The van der Waals surface area contributed by atoms with Gasteiger partial charge in [0.2, 0.25) is 0 Å². The van der Waals surface area contributed by atoms with Gasteiger partial charge in [-0.25, -0.2) is 9.36 Å². The Labute approximate surface area is 91.1 Å². The molecule has 0 spiro atoms. The minimum Gasteiger partial charge on any atom is -0.450 e. The average Bonchev–Trinajstić information content (AvgIpc) is 1.76. The van der Waals surface area contributed by atoms with E-state index in [9.17, 15) is 4.79 Å². The van der Waals surface area contributed by atoms with Crippen LogP contribution in [0.25, 0.3) is 0 Å². The van der Waals surface area contributed by atoms with Crippen LogP contribution >= 0.6 is 7.82 Å². The molecular formula is C3H14NO10PSi. The lowest BCUT2D eigenvalue weighted by Crippen LogP contribution is -2.33. The lowest BCUT2D eigenvalue weighted by atomic mass is 10.9. The number of primary amides is 1. The molecule has 0 aliphatic carbocycles. The Morgan fingerprint density at radius 1 is 1.25 bits per heavy atom. The molecule has 11 nitrogen and oxygen atoms in total. The van der Waals surface area contributed by atoms with Crippen molar-refractivity contribution in [3.05, 3.63) is 0 Å². The summed E-state index contributed by atoms with van der Waals surface area (Å²) >= 11 is 0. The van der Waals surface area contributed by atoms with Crippen LogP contribution in [0.5, 0.6) is 0 Å². The maximum absolute atomic E-state index is 9.60. The molecule has 0 aliphatic heterocycles. The zero-order valence-corrected chi connectivity index (χ0v) is 9.98. The number of hydrogen-bond acceptors (Lipinski definition) is 7. The lowest BCUT2D eigenvalue weighted by Gasteiger charge is -1.91. The third kappa shape index (κ3) is 350. The first-order valence-corrected chi connectivity index (χ1v) is 6.72. The molecule has 0 aliphatic rings. The molecule has 0 saturated heterocycles. The molecule has 0 saturated carbocycles. The van der Waals surface area contributed by atoms with Crippen molar-refractivity contribution < 1.29 is 48.0 Å². The van der Waals surface area contributed by atoms with E-state index in [0.29, 0.717) is 6.61 Å². The van der Waals surface area contributed by atoms with Gasteiger partial charge in [-0.2, -0.15) is 0 Å². The Bertz CT molecular complexity index is 206. The summed E-state index contributed by atoms with van der Waals surface area (Å²) < 4.78 is 13.1. The molecule has 100 valence electrons. The third-order valence-electron chi connectivity index (χ3n) is 0.287. The van der Waals surface area contributed by atoms with Crippen LogP contribution in [0.1, 0.15) is 6.92 Å². The minimum atomic E-state index is -4.64. The minimum absolute atomic E-state index is 0.356. The van der Waals surface area contributed by atoms with Crippen LogP contribution in [-0.2, 0) is 9.30 Å². The van der Waals surface area contributed by atoms with Crippen LogP contribution in [-0.4, -0.2) is 55.6 Å². The summed E-state index contributed by atoms with van der Waals surface area (Å²) in [4.78, 5) is 60.5. The second-order valence-electron chi connectivity index (χ2n) is 1.87. The van der Waals surface area contributed by atoms with Crippen LogP contribution in [0, 0.1) is 0 Å². The maximum Gasteiger partial charge on any atom is 0.668 e. The second-order valence-corrected chi connectivity index (χ2v) is 4.09. The Kier molecular flexibility index (Phi) is 12.5. The summed E-state index contributed by atoms with van der Waals surface area (Å²) in [5.74, 6) is 0. The van der Waals surface area contributed by atoms with Gasteiger partial charge in [0.15, 0.2) is 0 Å². The van der Waals surface area contributed by atoms with E-state index in [4.69, 9.17) is 38.4 Å². The van der Waals surface area contributed by atoms with Crippen LogP contribution in [0.2, 0.25) is 0 Å². The van der Waals surface area contributed by atoms with Gasteiger partial charge in [-0.1, -0.05) is 0 Å². The number of nitrogens with two attached hydrogens (primary N) is 1. The van der Waals surface area contributed by atoms with Crippen molar-refractivity contribution in [2.75, 3.05) is 6.61 Å². The summed E-state index contributed by atoms with van der Waals surface area (Å²) in [5.41, 5.74) is 4.54. The van der Waals surface area contributed by atoms with Crippen LogP contribution in [0.4, 0.5) is 4.79 Å². The highest BCUT2D eigenvalue weighted by Gasteiger charge is 2.22. The fourth-order valence-electron chi connectivity index (χ4n) is 0.142. The van der Waals surface area contributed by atoms with E-state index >= 15 is 0 Å². The van der Waals surface area contributed by atoms with Gasteiger partial charge in [-0.05, 0) is 6.92 Å². The Morgan fingerprint density at radius 2 is 1.44 bits per heavy atom. The molecule has 0 heterocycles. The van der Waals surface area contributed by atoms with Crippen LogP contribution < -0.4 is 5.73 Å². The van der Waals surface area contributed by atoms with Gasteiger partial charge >= 0.3 is 23.0 Å². The zero-order valence-electron chi connectivity index (χ0n) is 8.09. The molecule has 0 rings (SSSR count). The fraction of sp³-hybridized carbons (Fsp3) is 0.667. The quantitative estimate of drug-likeness (QED) is 0.176. The van der Waals surface area contributed by atoms with Crippen molar-refractivity contribution >= 4 is 23.0 Å². The number of carbonyl (C=O) groups is 1. The topological polar surface area (TPSA) is 211 Å². The number of ether oxygens (including phenoxy) is 1. The number of amides is 1. The average molecular weight is 283 g/mol. The Morgan fingerprint density at radius 3 is 1.44 bits per heavy atom. The summed E-state index contributed by atoms with van der Waals surface area (Å²) in [7, 11) is -9.25. The highest BCUT2D eigenvalue weighted by atomic mass is 31.2. The molecule has 9 N–H and O–H groups in total. The van der Waals surface area contributed by atoms with Gasteiger partial charge in [0.05, 0.1) is 6.61 Å². The predicted octanol–water partition coefficient (Wildman–Crippen LogP) is -3.44. The predicted molar refractivity (Wildman–Crippen MR) is 50.1 cm³/mol. The summed E-state index contributed by atoms with van der Waals surface area (Å²) in [6.45, 7) is 2.06. The first-order valence-electron chi connectivity index (χ1n) is 3.37. The summed E-state index contributed by atoms with van der Waals surface area (Å²) in [6, 6.07) is 0. The van der Waals surface area contributed by atoms with Crippen molar-refractivity contribution in [1.29, 1.82) is 0 Å². The number of hydrogen-bond donors (Lipinski definition) is 8. The van der Waals surface area contributed by atoms with Gasteiger partial charge in [0.1, 0.15) is 0 Å². The van der Waals surface area contributed by atoms with E-state index in [1.807, 2.05) is 0 Å². The highest BCUT2D eigenvalue weighted by molar-refractivity contribution is 7.45. The van der Waals surface area contributed by atoms with Crippen LogP contribution in [0.15, 0.2) is 0 Å². The van der Waals surface area contributed by atoms with Crippen molar-refractivity contribution in [2.45, 2.75) is 6.92 Å². The maximum atomic E-state index is 9.60. The number of phosphoric acid groups is 1. The molecule has 0 bridgehead atoms. The smallest absolute Gasteiger partial charge is 0.450 e. The SMILES string of the molecule is CCOC(N)=O.O=P(O)(O)O.O[Si](O)(O)O. The molecule has 0 aromatic heterocycles. The van der Waals surface area contributed by atoms with E-state index in [2.05, 4.69) is 10.5 Å². The van der Waals surface area contributed by atoms with Gasteiger partial charge in [0, 0.05) is 0 Å². The Balaban J connectivity index is -0.000000160. The molecule has 16 heavy (non-hydrogen) atoms. The molecule has 0 radical (unpaired) electrons. The molecule has 1 amide bonds. The van der Waals surface area contributed by atoms with Crippen molar-refractivity contribution in [3.8, 4) is 0 Å². The first-order chi connectivity index (χ1) is 6.77. The third-order valence-corrected chi connectivity index (χ3v) is 0.287. The molecule has 0 fully saturated rings. The van der Waals surface area contributed by atoms with E-state index in [1.54, 1.807) is 6.92 Å². The molecule has 0 atom stereocenters. The second kappa shape index (κ2) is 9.65. The van der Waals surface area contributed by atoms with Gasteiger partial charge in [0.25, 0.3) is 0 Å². The van der Waals surface area contributed by atoms with E-state index < -0.39 is 23.0 Å². The lowest BCUT2D eigenvalue weighted by molar-refractivity contribution is 0.117. The van der Waals surface area contributed by atoms with Gasteiger partial charge < -0.3 is 44.3 Å². The molecule has 0 aromatic rings. The number of carbonyl (C=O) groups excluding carboxylic acids is 1. The monoisotopic (exact) mass is 283 g/mol. The largest absolute Gasteiger partial charge is 0.668 e. The van der Waals surface area contributed by atoms with Crippen molar-refractivity contribution in [1.82, 2.24) is 0 Å². The number of rotatable bonds is 1. The van der Waals surface area contributed by atoms with E-state index in [1.165, 1.54) is 0 Å². The molecule has 13 heteroatoms. The highest BCUT2D eigenvalue weighted by Crippen LogP contribution is 2.25. The Hall–Kier alpha value is -0.563. The van der Waals surface area contributed by atoms with E-state index in [0.717, 1.165) is 0 Å². The molecule has 0 unspecified atom stereocenters. The van der Waals surface area contributed by atoms with Crippen molar-refractivity contribution in [3.63, 3.8) is 0 Å². The standard InChI is InChI=1S/C3H7NO2.H3O4P.H4O4Si/c1-2-6-3(4)5;2*1-5(2,3)4/h2H2,1H3,(H2,4,5);(H3,1,2,3,4);1-4H.